The molecule has 1 unspecified atom stereocenters. The fourth-order valence-electron chi connectivity index (χ4n) is 2.12. The molecular formula is C11H16N2OS. The molecule has 15 heavy (non-hydrogen) atoms. The van der Waals surface area contributed by atoms with E-state index in [4.69, 9.17) is 0 Å². The summed E-state index contributed by atoms with van der Waals surface area (Å²) < 4.78 is 0. The Bertz CT molecular complexity index is 414. The average Bonchev–Trinajstić information content (AvgIpc) is 2.28. The van der Waals surface area contributed by atoms with Gasteiger partial charge in [-0.1, -0.05) is 25.1 Å². The van der Waals surface area contributed by atoms with Crippen LogP contribution in [-0.2, 0) is 12.8 Å². The van der Waals surface area contributed by atoms with Crippen molar-refractivity contribution in [1.29, 1.82) is 0 Å². The van der Waals surface area contributed by atoms with Gasteiger partial charge in [0.25, 0.3) is 5.56 Å². The maximum absolute atomic E-state index is 11.8. The molecular weight excluding hydrogens is 208 g/mol. The molecule has 1 aliphatic carbocycles. The lowest BCUT2D eigenvalue weighted by Gasteiger charge is -2.21. The number of hydrogen-bond acceptors (Lipinski definition) is 3. The van der Waals surface area contributed by atoms with Gasteiger partial charge in [-0.15, -0.1) is 0 Å². The molecule has 0 amide bonds. The van der Waals surface area contributed by atoms with Crippen molar-refractivity contribution in [3.63, 3.8) is 0 Å². The summed E-state index contributed by atoms with van der Waals surface area (Å²) in [5.41, 5.74) is 2.02. The minimum Gasteiger partial charge on any atom is -0.301 e. The predicted molar refractivity (Wildman–Crippen MR) is 62.4 cm³/mol. The smallest absolute Gasteiger partial charge is 0.254 e. The van der Waals surface area contributed by atoms with E-state index in [1.165, 1.54) is 18.2 Å². The van der Waals surface area contributed by atoms with Crippen molar-refractivity contribution in [2.75, 3.05) is 6.26 Å². The lowest BCUT2D eigenvalue weighted by atomic mass is 9.86. The fraction of sp³-hybridized carbons (Fsp3) is 0.636. The largest absolute Gasteiger partial charge is 0.301 e. The molecule has 0 radical (unpaired) electrons. The van der Waals surface area contributed by atoms with Crippen LogP contribution in [0.5, 0.6) is 0 Å². The first kappa shape index (κ1) is 10.7. The third-order valence-electron chi connectivity index (χ3n) is 3.13. The molecule has 0 bridgehead atoms. The first-order valence-corrected chi connectivity index (χ1v) is 6.63. The van der Waals surface area contributed by atoms with Crippen LogP contribution < -0.4 is 5.56 Å². The van der Waals surface area contributed by atoms with Gasteiger partial charge in [-0.25, -0.2) is 4.98 Å². The Morgan fingerprint density at radius 2 is 2.40 bits per heavy atom. The van der Waals surface area contributed by atoms with Crippen LogP contribution in [0.4, 0.5) is 0 Å². The van der Waals surface area contributed by atoms with Crippen LogP contribution in [0.15, 0.2) is 9.95 Å². The van der Waals surface area contributed by atoms with E-state index in [0.717, 1.165) is 35.7 Å². The number of aryl methyl sites for hydroxylation is 1. The highest BCUT2D eigenvalue weighted by Crippen LogP contribution is 2.24. The molecule has 0 spiro atoms. The zero-order valence-corrected chi connectivity index (χ0v) is 9.99. The highest BCUT2D eigenvalue weighted by Gasteiger charge is 2.21. The predicted octanol–water partition coefficient (Wildman–Crippen LogP) is 2.01. The minimum absolute atomic E-state index is 0.0718. The van der Waals surface area contributed by atoms with E-state index in [-0.39, 0.29) is 5.56 Å². The molecule has 4 heteroatoms. The molecule has 0 aromatic carbocycles. The second-order valence-electron chi connectivity index (χ2n) is 4.02. The van der Waals surface area contributed by atoms with Crippen LogP contribution in [-0.4, -0.2) is 16.2 Å². The van der Waals surface area contributed by atoms with Crippen LogP contribution in [0.25, 0.3) is 0 Å². The van der Waals surface area contributed by atoms with E-state index in [1.54, 1.807) is 0 Å². The maximum atomic E-state index is 11.8. The number of hydrogen-bond donors (Lipinski definition) is 1. The minimum atomic E-state index is 0.0718. The Morgan fingerprint density at radius 3 is 3.07 bits per heavy atom. The van der Waals surface area contributed by atoms with Crippen LogP contribution in [0.2, 0.25) is 0 Å². The monoisotopic (exact) mass is 224 g/mol. The molecule has 3 nitrogen and oxygen atoms in total. The van der Waals surface area contributed by atoms with Crippen LogP contribution >= 0.6 is 11.8 Å². The first-order valence-electron chi connectivity index (χ1n) is 5.40. The summed E-state index contributed by atoms with van der Waals surface area (Å²) in [6.45, 7) is 2.19. The Kier molecular flexibility index (Phi) is 3.14. The molecule has 1 aromatic rings. The number of H-pyrrole nitrogens is 1. The Hall–Kier alpha value is -0.770. The van der Waals surface area contributed by atoms with E-state index in [2.05, 4.69) is 16.9 Å². The normalized spacial score (nSPS) is 20.0. The van der Waals surface area contributed by atoms with Gasteiger partial charge in [-0.3, -0.25) is 4.79 Å². The molecule has 0 aliphatic heterocycles. The van der Waals surface area contributed by atoms with E-state index in [0.29, 0.717) is 5.92 Å². The molecule has 2 rings (SSSR count). The SMILES string of the molecule is CCC1CCc2nc(SC)[nH]c(=O)c2C1. The first-order chi connectivity index (χ1) is 7.24. The Morgan fingerprint density at radius 1 is 1.60 bits per heavy atom. The number of nitrogens with one attached hydrogen (secondary N) is 1. The third kappa shape index (κ3) is 2.09. The maximum Gasteiger partial charge on any atom is 0.254 e. The van der Waals surface area contributed by atoms with Crippen molar-refractivity contribution in [3.05, 3.63) is 21.6 Å². The summed E-state index contributed by atoms with van der Waals surface area (Å²) in [6.07, 6.45) is 6.13. The van der Waals surface area contributed by atoms with Gasteiger partial charge in [-0.2, -0.15) is 0 Å². The highest BCUT2D eigenvalue weighted by atomic mass is 32.2. The molecule has 0 saturated carbocycles. The summed E-state index contributed by atoms with van der Waals surface area (Å²) in [7, 11) is 0. The topological polar surface area (TPSA) is 45.8 Å². The van der Waals surface area contributed by atoms with Crippen LogP contribution in [0.1, 0.15) is 31.0 Å². The van der Waals surface area contributed by atoms with Gasteiger partial charge in [0.2, 0.25) is 0 Å². The van der Waals surface area contributed by atoms with Gasteiger partial charge in [0.05, 0.1) is 5.69 Å². The second kappa shape index (κ2) is 4.39. The van der Waals surface area contributed by atoms with Gasteiger partial charge in [0, 0.05) is 5.56 Å². The van der Waals surface area contributed by atoms with E-state index in [1.807, 2.05) is 6.26 Å². The number of aromatic amines is 1. The van der Waals surface area contributed by atoms with Crippen molar-refractivity contribution < 1.29 is 0 Å². The fourth-order valence-corrected chi connectivity index (χ4v) is 2.51. The van der Waals surface area contributed by atoms with Crippen molar-refractivity contribution >= 4 is 11.8 Å². The summed E-state index contributed by atoms with van der Waals surface area (Å²) in [6, 6.07) is 0. The van der Waals surface area contributed by atoms with Crippen molar-refractivity contribution in [1.82, 2.24) is 9.97 Å². The second-order valence-corrected chi connectivity index (χ2v) is 4.81. The lowest BCUT2D eigenvalue weighted by molar-refractivity contribution is 0.433. The van der Waals surface area contributed by atoms with E-state index >= 15 is 0 Å². The molecule has 1 atom stereocenters. The number of thioether (sulfide) groups is 1. The summed E-state index contributed by atoms with van der Waals surface area (Å²) >= 11 is 1.50. The zero-order valence-electron chi connectivity index (χ0n) is 9.17. The average molecular weight is 224 g/mol. The quantitative estimate of drug-likeness (QED) is 0.617. The molecule has 0 saturated heterocycles. The molecule has 1 heterocycles. The summed E-state index contributed by atoms with van der Waals surface area (Å²) in [5.74, 6) is 0.667. The molecule has 1 N–H and O–H groups in total. The third-order valence-corrected chi connectivity index (χ3v) is 3.71. The molecule has 1 aliphatic rings. The number of fused-ring (bicyclic) bond motifs is 1. The van der Waals surface area contributed by atoms with Gasteiger partial charge < -0.3 is 4.98 Å². The van der Waals surface area contributed by atoms with Gasteiger partial charge in [0.15, 0.2) is 5.16 Å². The van der Waals surface area contributed by atoms with Crippen LogP contribution in [0, 0.1) is 5.92 Å². The molecule has 0 fully saturated rings. The molecule has 1 aromatic heterocycles. The van der Waals surface area contributed by atoms with Gasteiger partial charge >= 0.3 is 0 Å². The van der Waals surface area contributed by atoms with Gasteiger partial charge in [0.1, 0.15) is 0 Å². The van der Waals surface area contributed by atoms with E-state index in [9.17, 15) is 4.79 Å². The number of rotatable bonds is 2. The highest BCUT2D eigenvalue weighted by molar-refractivity contribution is 7.98. The van der Waals surface area contributed by atoms with Crippen molar-refractivity contribution in [2.45, 2.75) is 37.8 Å². The number of nitrogens with zero attached hydrogens (tertiary/aromatic N) is 1. The Labute approximate surface area is 93.7 Å². The zero-order chi connectivity index (χ0) is 10.8. The van der Waals surface area contributed by atoms with Gasteiger partial charge in [-0.05, 0) is 31.4 Å². The van der Waals surface area contributed by atoms with E-state index < -0.39 is 0 Å². The molecule has 82 valence electrons. The summed E-state index contributed by atoms with van der Waals surface area (Å²) in [5, 5.41) is 0.744. The van der Waals surface area contributed by atoms with Crippen molar-refractivity contribution in [2.24, 2.45) is 5.92 Å². The standard InChI is InChI=1S/C11H16N2OS/c1-3-7-4-5-9-8(6-7)10(14)13-11(12-9)15-2/h7H,3-6H2,1-2H3,(H,12,13,14). The van der Waals surface area contributed by atoms with Crippen molar-refractivity contribution in [3.8, 4) is 0 Å². The number of aromatic nitrogens is 2. The summed E-state index contributed by atoms with van der Waals surface area (Å²) in [4.78, 5) is 19.1. The Balaban J connectivity index is 2.39. The van der Waals surface area contributed by atoms with Crippen LogP contribution in [0.3, 0.4) is 0 Å². The lowest BCUT2D eigenvalue weighted by Crippen LogP contribution is -2.25.